The number of nitrogens with one attached hydrogen (secondary N) is 1. The quantitative estimate of drug-likeness (QED) is 0.797. The van der Waals surface area contributed by atoms with Crippen LogP contribution in [0.3, 0.4) is 0 Å². The van der Waals surface area contributed by atoms with Gasteiger partial charge >= 0.3 is 0 Å². The summed E-state index contributed by atoms with van der Waals surface area (Å²) in [4.78, 5) is 0. The molecule has 1 aromatic carbocycles. The molecule has 0 unspecified atom stereocenters. The lowest BCUT2D eigenvalue weighted by Crippen LogP contribution is -2.15. The van der Waals surface area contributed by atoms with Crippen molar-refractivity contribution >= 4 is 23.1 Å². The average molecular weight is 307 g/mol. The maximum Gasteiger partial charge on any atom is 0.174 e. The SMILES string of the molecule is COc1ccc(CNC2CC2)cc1CSc1nncs1. The first-order valence-corrected chi connectivity index (χ1v) is 8.50. The molecule has 0 saturated heterocycles. The summed E-state index contributed by atoms with van der Waals surface area (Å²) < 4.78 is 6.44. The molecule has 0 amide bonds. The second-order valence-electron chi connectivity index (χ2n) is 4.79. The lowest BCUT2D eigenvalue weighted by molar-refractivity contribution is 0.411. The molecule has 3 rings (SSSR count). The summed E-state index contributed by atoms with van der Waals surface area (Å²) in [5.74, 6) is 1.80. The van der Waals surface area contributed by atoms with Gasteiger partial charge in [-0.25, -0.2) is 0 Å². The molecule has 1 aliphatic carbocycles. The van der Waals surface area contributed by atoms with E-state index in [1.807, 2.05) is 0 Å². The zero-order chi connectivity index (χ0) is 13.8. The lowest BCUT2D eigenvalue weighted by Gasteiger charge is -2.10. The van der Waals surface area contributed by atoms with E-state index in [-0.39, 0.29) is 0 Å². The number of ether oxygens (including phenoxy) is 1. The number of hydrogen-bond donors (Lipinski definition) is 1. The first-order valence-electron chi connectivity index (χ1n) is 6.63. The van der Waals surface area contributed by atoms with E-state index in [2.05, 4.69) is 33.7 Å². The molecule has 1 saturated carbocycles. The maximum atomic E-state index is 5.44. The second-order valence-corrected chi connectivity index (χ2v) is 6.85. The minimum atomic E-state index is 0.733. The molecule has 1 N–H and O–H groups in total. The van der Waals surface area contributed by atoms with Gasteiger partial charge < -0.3 is 10.1 Å². The summed E-state index contributed by atoms with van der Waals surface area (Å²) in [6, 6.07) is 7.14. The van der Waals surface area contributed by atoms with Crippen molar-refractivity contribution in [1.29, 1.82) is 0 Å². The van der Waals surface area contributed by atoms with Gasteiger partial charge in [-0.1, -0.05) is 29.2 Å². The fourth-order valence-corrected chi connectivity index (χ4v) is 3.44. The van der Waals surface area contributed by atoms with Crippen molar-refractivity contribution in [2.24, 2.45) is 0 Å². The zero-order valence-electron chi connectivity index (χ0n) is 11.3. The Hall–Kier alpha value is -1.11. The molecule has 20 heavy (non-hydrogen) atoms. The van der Waals surface area contributed by atoms with E-state index in [1.54, 1.807) is 35.7 Å². The Morgan fingerprint density at radius 1 is 1.45 bits per heavy atom. The predicted molar refractivity (Wildman–Crippen MR) is 82.3 cm³/mol. The van der Waals surface area contributed by atoms with Crippen molar-refractivity contribution in [2.45, 2.75) is 35.5 Å². The van der Waals surface area contributed by atoms with E-state index in [0.29, 0.717) is 0 Å². The molecule has 1 fully saturated rings. The van der Waals surface area contributed by atoms with E-state index in [1.165, 1.54) is 24.0 Å². The Labute approximate surface area is 127 Å². The number of aromatic nitrogens is 2. The van der Waals surface area contributed by atoms with E-state index in [9.17, 15) is 0 Å². The normalized spacial score (nSPS) is 14.4. The Bertz CT molecular complexity index is 556. The number of benzene rings is 1. The Morgan fingerprint density at radius 2 is 2.35 bits per heavy atom. The molecular weight excluding hydrogens is 290 g/mol. The van der Waals surface area contributed by atoms with Crippen molar-refractivity contribution in [3.8, 4) is 5.75 Å². The number of nitrogens with zero attached hydrogens (tertiary/aromatic N) is 2. The molecule has 106 valence electrons. The number of thioether (sulfide) groups is 1. The smallest absolute Gasteiger partial charge is 0.174 e. The van der Waals surface area contributed by atoms with Crippen molar-refractivity contribution in [3.05, 3.63) is 34.8 Å². The van der Waals surface area contributed by atoms with Gasteiger partial charge in [0.15, 0.2) is 4.34 Å². The van der Waals surface area contributed by atoms with Crippen molar-refractivity contribution in [2.75, 3.05) is 7.11 Å². The van der Waals surface area contributed by atoms with Gasteiger partial charge in [0.05, 0.1) is 7.11 Å². The Morgan fingerprint density at radius 3 is 3.05 bits per heavy atom. The van der Waals surface area contributed by atoms with Crippen LogP contribution in [0.4, 0.5) is 0 Å². The molecule has 1 aromatic heterocycles. The van der Waals surface area contributed by atoms with Gasteiger partial charge in [0, 0.05) is 23.9 Å². The predicted octanol–water partition coefficient (Wildman–Crippen LogP) is 3.09. The first kappa shape index (κ1) is 13.9. The van der Waals surface area contributed by atoms with E-state index < -0.39 is 0 Å². The standard InChI is InChI=1S/C14H17N3OS2/c1-18-13-5-2-10(7-15-12-3-4-12)6-11(13)8-19-14-17-16-9-20-14/h2,5-6,9,12,15H,3-4,7-8H2,1H3. The Kier molecular flexibility index (Phi) is 4.54. The van der Waals surface area contributed by atoms with Gasteiger partial charge in [-0.3, -0.25) is 0 Å². The van der Waals surface area contributed by atoms with Gasteiger partial charge in [0.1, 0.15) is 11.3 Å². The largest absolute Gasteiger partial charge is 0.496 e. The molecule has 0 bridgehead atoms. The molecule has 0 aliphatic heterocycles. The summed E-state index contributed by atoms with van der Waals surface area (Å²) in [6.07, 6.45) is 2.63. The van der Waals surface area contributed by atoms with Crippen LogP contribution in [0, 0.1) is 0 Å². The highest BCUT2D eigenvalue weighted by molar-refractivity contribution is 8.00. The second kappa shape index (κ2) is 6.56. The van der Waals surface area contributed by atoms with Crippen LogP contribution in [0.1, 0.15) is 24.0 Å². The van der Waals surface area contributed by atoms with Crippen LogP contribution in [0.25, 0.3) is 0 Å². The van der Waals surface area contributed by atoms with Crippen LogP contribution in [0.2, 0.25) is 0 Å². The first-order chi connectivity index (χ1) is 9.85. The minimum Gasteiger partial charge on any atom is -0.496 e. The van der Waals surface area contributed by atoms with Crippen LogP contribution in [0.15, 0.2) is 28.0 Å². The van der Waals surface area contributed by atoms with Gasteiger partial charge in [0.2, 0.25) is 0 Å². The van der Waals surface area contributed by atoms with E-state index in [0.717, 1.165) is 28.4 Å². The lowest BCUT2D eigenvalue weighted by atomic mass is 10.1. The van der Waals surface area contributed by atoms with Gasteiger partial charge in [-0.05, 0) is 30.5 Å². The third-order valence-corrected chi connectivity index (χ3v) is 5.12. The van der Waals surface area contributed by atoms with E-state index in [4.69, 9.17) is 4.74 Å². The summed E-state index contributed by atoms with van der Waals surface area (Å²) in [7, 11) is 1.72. The molecule has 2 aromatic rings. The van der Waals surface area contributed by atoms with Crippen LogP contribution >= 0.6 is 23.1 Å². The third-order valence-electron chi connectivity index (χ3n) is 3.21. The van der Waals surface area contributed by atoms with Gasteiger partial charge in [0.25, 0.3) is 0 Å². The van der Waals surface area contributed by atoms with E-state index >= 15 is 0 Å². The third kappa shape index (κ3) is 3.71. The number of hydrogen-bond acceptors (Lipinski definition) is 6. The van der Waals surface area contributed by atoms with Crippen LogP contribution in [-0.4, -0.2) is 23.3 Å². The average Bonchev–Trinajstić information content (AvgIpc) is 3.17. The maximum absolute atomic E-state index is 5.44. The Balaban J connectivity index is 1.66. The highest BCUT2D eigenvalue weighted by atomic mass is 32.2. The van der Waals surface area contributed by atoms with Gasteiger partial charge in [-0.2, -0.15) is 0 Å². The summed E-state index contributed by atoms with van der Waals surface area (Å²) in [5, 5.41) is 11.5. The minimum absolute atomic E-state index is 0.733. The molecule has 6 heteroatoms. The fourth-order valence-electron chi connectivity index (χ4n) is 1.97. The topological polar surface area (TPSA) is 47.0 Å². The molecule has 0 radical (unpaired) electrons. The molecular formula is C14H17N3OS2. The number of methoxy groups -OCH3 is 1. The highest BCUT2D eigenvalue weighted by Crippen LogP contribution is 2.29. The molecule has 0 atom stereocenters. The fraction of sp³-hybridized carbons (Fsp3) is 0.429. The summed E-state index contributed by atoms with van der Waals surface area (Å²) >= 11 is 3.27. The molecule has 1 aliphatic rings. The monoisotopic (exact) mass is 307 g/mol. The van der Waals surface area contributed by atoms with Crippen molar-refractivity contribution in [1.82, 2.24) is 15.5 Å². The van der Waals surface area contributed by atoms with Crippen LogP contribution in [-0.2, 0) is 12.3 Å². The van der Waals surface area contributed by atoms with Crippen LogP contribution in [0.5, 0.6) is 5.75 Å². The van der Waals surface area contributed by atoms with Crippen LogP contribution < -0.4 is 10.1 Å². The zero-order valence-corrected chi connectivity index (χ0v) is 13.0. The summed E-state index contributed by atoms with van der Waals surface area (Å²) in [6.45, 7) is 0.936. The van der Waals surface area contributed by atoms with Gasteiger partial charge in [-0.15, -0.1) is 10.2 Å². The van der Waals surface area contributed by atoms with Crippen molar-refractivity contribution < 1.29 is 4.74 Å². The molecule has 0 spiro atoms. The summed E-state index contributed by atoms with van der Waals surface area (Å²) in [5.41, 5.74) is 4.28. The number of rotatable bonds is 7. The highest BCUT2D eigenvalue weighted by Gasteiger charge is 2.20. The molecule has 1 heterocycles. The van der Waals surface area contributed by atoms with Crippen molar-refractivity contribution in [3.63, 3.8) is 0 Å². The molecule has 4 nitrogen and oxygen atoms in total.